The summed E-state index contributed by atoms with van der Waals surface area (Å²) in [5.41, 5.74) is 1.19. The third-order valence-electron chi connectivity index (χ3n) is 2.91. The third-order valence-corrected chi connectivity index (χ3v) is 2.91. The second-order valence-electron chi connectivity index (χ2n) is 4.26. The largest absolute Gasteiger partial charge is 0.469 e. The molecule has 1 atom stereocenters. The third kappa shape index (κ3) is 2.77. The van der Waals surface area contributed by atoms with Crippen molar-refractivity contribution in [3.63, 3.8) is 0 Å². The van der Waals surface area contributed by atoms with Crippen LogP contribution < -0.4 is 5.32 Å². The number of nitrogens with zero attached hydrogens (tertiary/aromatic N) is 2. The van der Waals surface area contributed by atoms with Crippen LogP contribution in [0, 0.1) is 6.92 Å². The average Bonchev–Trinajstić information content (AvgIpc) is 2.88. The Labute approximate surface area is 102 Å². The lowest BCUT2D eigenvalue weighted by Gasteiger charge is -2.15. The van der Waals surface area contributed by atoms with E-state index in [0.717, 1.165) is 24.6 Å². The molecular formula is C13H19N3O. The molecule has 0 radical (unpaired) electrons. The monoisotopic (exact) mass is 233 g/mol. The summed E-state index contributed by atoms with van der Waals surface area (Å²) in [5, 5.41) is 3.46. The minimum atomic E-state index is 0.263. The number of furan rings is 1. The van der Waals surface area contributed by atoms with Gasteiger partial charge in [0.1, 0.15) is 11.6 Å². The van der Waals surface area contributed by atoms with Crippen LogP contribution in [-0.2, 0) is 13.5 Å². The highest BCUT2D eigenvalue weighted by molar-refractivity contribution is 5.18. The maximum atomic E-state index is 5.37. The van der Waals surface area contributed by atoms with E-state index >= 15 is 0 Å². The van der Waals surface area contributed by atoms with E-state index in [1.54, 1.807) is 0 Å². The number of rotatable bonds is 5. The van der Waals surface area contributed by atoms with Crippen LogP contribution in [0.15, 0.2) is 29.1 Å². The lowest BCUT2D eigenvalue weighted by atomic mass is 10.1. The molecular weight excluding hydrogens is 214 g/mol. The van der Waals surface area contributed by atoms with Crippen molar-refractivity contribution in [2.45, 2.75) is 26.3 Å². The second kappa shape index (κ2) is 5.19. The van der Waals surface area contributed by atoms with Crippen molar-refractivity contribution in [1.82, 2.24) is 14.9 Å². The Kier molecular flexibility index (Phi) is 3.64. The first-order chi connectivity index (χ1) is 8.20. The molecule has 4 heteroatoms. The first-order valence-corrected chi connectivity index (χ1v) is 5.95. The molecule has 1 N–H and O–H groups in total. The second-order valence-corrected chi connectivity index (χ2v) is 4.26. The zero-order valence-electron chi connectivity index (χ0n) is 10.6. The van der Waals surface area contributed by atoms with Gasteiger partial charge in [-0.1, -0.05) is 6.92 Å². The van der Waals surface area contributed by atoms with Crippen molar-refractivity contribution >= 4 is 0 Å². The molecule has 0 spiro atoms. The van der Waals surface area contributed by atoms with Crippen LogP contribution in [0.1, 0.15) is 30.1 Å². The molecule has 0 aliphatic rings. The van der Waals surface area contributed by atoms with Gasteiger partial charge in [-0.25, -0.2) is 4.98 Å². The predicted octanol–water partition coefficient (Wildman–Crippen LogP) is 2.21. The summed E-state index contributed by atoms with van der Waals surface area (Å²) in [5.74, 6) is 2.03. The molecule has 4 nitrogen and oxygen atoms in total. The number of imidazole rings is 1. The molecule has 0 fully saturated rings. The lowest BCUT2D eigenvalue weighted by molar-refractivity contribution is 0.503. The SMILES string of the molecule is CCNC(Cc1nccn1C)c1coc(C)c1. The Morgan fingerprint density at radius 2 is 2.35 bits per heavy atom. The first-order valence-electron chi connectivity index (χ1n) is 5.95. The molecule has 92 valence electrons. The van der Waals surface area contributed by atoms with Crippen LogP contribution in [0.2, 0.25) is 0 Å². The van der Waals surface area contributed by atoms with Gasteiger partial charge >= 0.3 is 0 Å². The van der Waals surface area contributed by atoms with Crippen molar-refractivity contribution < 1.29 is 4.42 Å². The summed E-state index contributed by atoms with van der Waals surface area (Å²) in [4.78, 5) is 4.36. The molecule has 0 aliphatic carbocycles. The Balaban J connectivity index is 2.15. The highest BCUT2D eigenvalue weighted by atomic mass is 16.3. The van der Waals surface area contributed by atoms with Gasteiger partial charge in [0.2, 0.25) is 0 Å². The fourth-order valence-corrected chi connectivity index (χ4v) is 1.98. The van der Waals surface area contributed by atoms with Crippen molar-refractivity contribution in [2.75, 3.05) is 6.54 Å². The van der Waals surface area contributed by atoms with Crippen LogP contribution >= 0.6 is 0 Å². The smallest absolute Gasteiger partial charge is 0.110 e. The molecule has 0 bridgehead atoms. The fourth-order valence-electron chi connectivity index (χ4n) is 1.98. The van der Waals surface area contributed by atoms with Gasteiger partial charge in [0, 0.05) is 37.5 Å². The first kappa shape index (κ1) is 11.9. The van der Waals surface area contributed by atoms with Crippen molar-refractivity contribution in [1.29, 1.82) is 0 Å². The molecule has 1 unspecified atom stereocenters. The summed E-state index contributed by atoms with van der Waals surface area (Å²) < 4.78 is 7.43. The number of aromatic nitrogens is 2. The van der Waals surface area contributed by atoms with Gasteiger partial charge in [-0.15, -0.1) is 0 Å². The normalized spacial score (nSPS) is 12.9. The fraction of sp³-hybridized carbons (Fsp3) is 0.462. The lowest BCUT2D eigenvalue weighted by Crippen LogP contribution is -2.23. The molecule has 2 rings (SSSR count). The number of hydrogen-bond donors (Lipinski definition) is 1. The Morgan fingerprint density at radius 1 is 1.53 bits per heavy atom. The van der Waals surface area contributed by atoms with E-state index in [-0.39, 0.29) is 6.04 Å². The number of hydrogen-bond acceptors (Lipinski definition) is 3. The van der Waals surface area contributed by atoms with Gasteiger partial charge in [-0.05, 0) is 19.5 Å². The molecule has 0 aliphatic heterocycles. The maximum Gasteiger partial charge on any atom is 0.110 e. The van der Waals surface area contributed by atoms with E-state index < -0.39 is 0 Å². The standard InChI is InChI=1S/C13H19N3O/c1-4-14-12(11-7-10(2)17-9-11)8-13-15-5-6-16(13)3/h5-7,9,12,14H,4,8H2,1-3H3. The average molecular weight is 233 g/mol. The van der Waals surface area contributed by atoms with Crippen molar-refractivity contribution in [2.24, 2.45) is 7.05 Å². The van der Waals surface area contributed by atoms with E-state index in [1.807, 2.05) is 32.6 Å². The van der Waals surface area contributed by atoms with E-state index in [4.69, 9.17) is 4.42 Å². The van der Waals surface area contributed by atoms with Crippen LogP contribution in [0.5, 0.6) is 0 Å². The molecule has 2 aromatic heterocycles. The van der Waals surface area contributed by atoms with E-state index in [9.17, 15) is 0 Å². The van der Waals surface area contributed by atoms with Crippen LogP contribution in [0.4, 0.5) is 0 Å². The van der Waals surface area contributed by atoms with Crippen LogP contribution in [0.25, 0.3) is 0 Å². The Morgan fingerprint density at radius 3 is 2.88 bits per heavy atom. The van der Waals surface area contributed by atoms with E-state index in [2.05, 4.69) is 27.9 Å². The van der Waals surface area contributed by atoms with Crippen molar-refractivity contribution in [3.05, 3.63) is 41.9 Å². The van der Waals surface area contributed by atoms with Gasteiger partial charge < -0.3 is 14.3 Å². The van der Waals surface area contributed by atoms with Gasteiger partial charge in [-0.2, -0.15) is 0 Å². The minimum absolute atomic E-state index is 0.263. The van der Waals surface area contributed by atoms with E-state index in [0.29, 0.717) is 0 Å². The van der Waals surface area contributed by atoms with Crippen LogP contribution in [-0.4, -0.2) is 16.1 Å². The van der Waals surface area contributed by atoms with Gasteiger partial charge in [0.25, 0.3) is 0 Å². The predicted molar refractivity (Wildman–Crippen MR) is 66.8 cm³/mol. The van der Waals surface area contributed by atoms with Gasteiger partial charge in [0.15, 0.2) is 0 Å². The van der Waals surface area contributed by atoms with Crippen LogP contribution in [0.3, 0.4) is 0 Å². The highest BCUT2D eigenvalue weighted by Gasteiger charge is 2.15. The number of aryl methyl sites for hydroxylation is 2. The summed E-state index contributed by atoms with van der Waals surface area (Å²) in [7, 11) is 2.02. The Hall–Kier alpha value is -1.55. The van der Waals surface area contributed by atoms with Gasteiger partial charge in [0.05, 0.1) is 6.26 Å². The summed E-state index contributed by atoms with van der Waals surface area (Å²) in [6.07, 6.45) is 6.50. The topological polar surface area (TPSA) is 43.0 Å². The molecule has 0 aromatic carbocycles. The molecule has 17 heavy (non-hydrogen) atoms. The summed E-state index contributed by atoms with van der Waals surface area (Å²) >= 11 is 0. The molecule has 0 saturated carbocycles. The highest BCUT2D eigenvalue weighted by Crippen LogP contribution is 2.19. The molecule has 0 saturated heterocycles. The molecule has 2 aromatic rings. The minimum Gasteiger partial charge on any atom is -0.469 e. The van der Waals surface area contributed by atoms with E-state index in [1.165, 1.54) is 5.56 Å². The number of nitrogens with one attached hydrogen (secondary N) is 1. The summed E-state index contributed by atoms with van der Waals surface area (Å²) in [6.45, 7) is 5.00. The quantitative estimate of drug-likeness (QED) is 0.861. The molecule has 2 heterocycles. The van der Waals surface area contributed by atoms with Gasteiger partial charge in [-0.3, -0.25) is 0 Å². The molecule has 0 amide bonds. The zero-order valence-corrected chi connectivity index (χ0v) is 10.6. The summed E-state index contributed by atoms with van der Waals surface area (Å²) in [6, 6.07) is 2.34. The Bertz CT molecular complexity index is 472. The van der Waals surface area contributed by atoms with Crippen molar-refractivity contribution in [3.8, 4) is 0 Å². The number of likely N-dealkylation sites (N-methyl/N-ethyl adjacent to an activating group) is 1. The zero-order chi connectivity index (χ0) is 12.3. The maximum absolute atomic E-state index is 5.37.